The molecule has 1 fully saturated rings. The molecule has 0 atom stereocenters. The molecule has 16 heavy (non-hydrogen) atoms. The Morgan fingerprint density at radius 1 is 1.12 bits per heavy atom. The van der Waals surface area contributed by atoms with Crippen molar-refractivity contribution in [2.45, 2.75) is 52.1 Å². The van der Waals surface area contributed by atoms with Gasteiger partial charge in [-0.3, -0.25) is 0 Å². The Hall–Kier alpha value is -0.603. The Bertz CT molecular complexity index is 343. The van der Waals surface area contributed by atoms with Gasteiger partial charge < -0.3 is 4.43 Å². The highest BCUT2D eigenvalue weighted by Gasteiger charge is 2.14. The average molecular weight is 232 g/mol. The summed E-state index contributed by atoms with van der Waals surface area (Å²) in [7, 11) is 0.531. The number of benzene rings is 1. The molecule has 0 spiro atoms. The van der Waals surface area contributed by atoms with Crippen molar-refractivity contribution in [3.05, 3.63) is 29.3 Å². The van der Waals surface area contributed by atoms with Gasteiger partial charge in [0.15, 0.2) is 0 Å². The van der Waals surface area contributed by atoms with Crippen molar-refractivity contribution in [2.24, 2.45) is 0 Å². The Morgan fingerprint density at radius 2 is 1.88 bits per heavy atom. The van der Waals surface area contributed by atoms with Crippen LogP contribution in [0.3, 0.4) is 0 Å². The molecule has 0 unspecified atom stereocenters. The fourth-order valence-corrected chi connectivity index (χ4v) is 3.24. The molecule has 2 radical (unpaired) electrons. The number of hydrogen-bond donors (Lipinski definition) is 0. The first-order valence-corrected chi connectivity index (χ1v) is 7.16. The van der Waals surface area contributed by atoms with Gasteiger partial charge in [0.25, 0.3) is 9.76 Å². The molecular weight excluding hydrogens is 212 g/mol. The van der Waals surface area contributed by atoms with Gasteiger partial charge in [-0.25, -0.2) is 0 Å². The molecule has 1 aromatic rings. The fourth-order valence-electron chi connectivity index (χ4n) is 2.19. The van der Waals surface area contributed by atoms with Crippen LogP contribution < -0.4 is 5.19 Å². The summed E-state index contributed by atoms with van der Waals surface area (Å²) < 4.78 is 6.03. The maximum atomic E-state index is 6.03. The van der Waals surface area contributed by atoms with Crippen LogP contribution in [0.15, 0.2) is 18.2 Å². The summed E-state index contributed by atoms with van der Waals surface area (Å²) in [5.74, 6) is 0. The Kier molecular flexibility index (Phi) is 4.19. The Balaban J connectivity index is 1.91. The lowest BCUT2D eigenvalue weighted by atomic mass is 9.98. The summed E-state index contributed by atoms with van der Waals surface area (Å²) >= 11 is 0. The van der Waals surface area contributed by atoms with E-state index in [4.69, 9.17) is 4.43 Å². The fraction of sp³-hybridized carbons (Fsp3) is 0.571. The van der Waals surface area contributed by atoms with E-state index < -0.39 is 0 Å². The van der Waals surface area contributed by atoms with Crippen molar-refractivity contribution in [3.63, 3.8) is 0 Å². The minimum atomic E-state index is 0.520. The molecule has 0 amide bonds. The summed E-state index contributed by atoms with van der Waals surface area (Å²) in [4.78, 5) is 0. The normalized spacial score (nSPS) is 17.6. The smallest absolute Gasteiger partial charge is 0.269 e. The van der Waals surface area contributed by atoms with Gasteiger partial charge in [-0.1, -0.05) is 37.5 Å². The highest BCUT2D eigenvalue weighted by Crippen LogP contribution is 2.19. The molecule has 0 saturated heterocycles. The van der Waals surface area contributed by atoms with Crippen molar-refractivity contribution in [2.75, 3.05) is 0 Å². The largest absolute Gasteiger partial charge is 0.409 e. The third-order valence-corrected chi connectivity index (χ3v) is 4.71. The van der Waals surface area contributed by atoms with Gasteiger partial charge in [0, 0.05) is 6.10 Å². The van der Waals surface area contributed by atoms with E-state index in [0.717, 1.165) is 0 Å². The molecular formula is C14H20OSi. The molecule has 0 heterocycles. The molecule has 1 nitrogen and oxygen atoms in total. The predicted molar refractivity (Wildman–Crippen MR) is 69.3 cm³/mol. The minimum absolute atomic E-state index is 0.520. The molecule has 1 aliphatic carbocycles. The standard InChI is InChI=1S/C14H20OSi/c1-11-7-6-10-14(12(11)2)16-15-13-8-4-3-5-9-13/h6-7,10,13H,3-5,8-9H2,1-2H3. The maximum absolute atomic E-state index is 6.03. The SMILES string of the molecule is Cc1cccc([Si]OC2CCCCC2)c1C. The van der Waals surface area contributed by atoms with E-state index >= 15 is 0 Å². The average Bonchev–Trinajstić information content (AvgIpc) is 2.32. The second-order valence-corrected chi connectivity index (χ2v) is 5.71. The monoisotopic (exact) mass is 232 g/mol. The van der Waals surface area contributed by atoms with Gasteiger partial charge in [-0.15, -0.1) is 0 Å². The van der Waals surface area contributed by atoms with Crippen LogP contribution in [0.2, 0.25) is 0 Å². The molecule has 86 valence electrons. The second kappa shape index (κ2) is 5.64. The molecule has 2 heteroatoms. The van der Waals surface area contributed by atoms with Gasteiger partial charge in [-0.2, -0.15) is 0 Å². The van der Waals surface area contributed by atoms with E-state index in [2.05, 4.69) is 32.0 Å². The van der Waals surface area contributed by atoms with E-state index in [-0.39, 0.29) is 0 Å². The van der Waals surface area contributed by atoms with Gasteiger partial charge in [-0.05, 0) is 43.0 Å². The van der Waals surface area contributed by atoms with E-state index in [1.54, 1.807) is 0 Å². The molecule has 2 rings (SSSR count). The highest BCUT2D eigenvalue weighted by atomic mass is 28.2. The third kappa shape index (κ3) is 2.95. The summed E-state index contributed by atoms with van der Waals surface area (Å²) in [6.45, 7) is 4.37. The maximum Gasteiger partial charge on any atom is 0.269 e. The zero-order valence-electron chi connectivity index (χ0n) is 10.3. The molecule has 1 saturated carbocycles. The van der Waals surface area contributed by atoms with E-state index in [1.807, 2.05) is 0 Å². The van der Waals surface area contributed by atoms with Crippen LogP contribution >= 0.6 is 0 Å². The molecule has 1 aliphatic rings. The first-order valence-electron chi connectivity index (χ1n) is 6.25. The number of hydrogen-bond acceptors (Lipinski definition) is 1. The second-order valence-electron chi connectivity index (χ2n) is 4.73. The van der Waals surface area contributed by atoms with Crippen LogP contribution in [0.25, 0.3) is 0 Å². The number of aryl methyl sites for hydroxylation is 1. The van der Waals surface area contributed by atoms with Crippen molar-refractivity contribution >= 4 is 14.9 Å². The van der Waals surface area contributed by atoms with Crippen LogP contribution in [0.4, 0.5) is 0 Å². The van der Waals surface area contributed by atoms with E-state index in [9.17, 15) is 0 Å². The Labute approximate surface area is 101 Å². The molecule has 0 aromatic heterocycles. The van der Waals surface area contributed by atoms with E-state index in [1.165, 1.54) is 48.4 Å². The minimum Gasteiger partial charge on any atom is -0.409 e. The zero-order chi connectivity index (χ0) is 11.4. The van der Waals surface area contributed by atoms with Gasteiger partial charge in [0.1, 0.15) is 0 Å². The molecule has 0 bridgehead atoms. The van der Waals surface area contributed by atoms with Crippen molar-refractivity contribution in [3.8, 4) is 0 Å². The lowest BCUT2D eigenvalue weighted by Gasteiger charge is -2.22. The van der Waals surface area contributed by atoms with Crippen molar-refractivity contribution in [1.29, 1.82) is 0 Å². The van der Waals surface area contributed by atoms with Crippen molar-refractivity contribution in [1.82, 2.24) is 0 Å². The third-order valence-electron chi connectivity index (χ3n) is 3.49. The van der Waals surface area contributed by atoms with Crippen LogP contribution in [-0.4, -0.2) is 15.9 Å². The summed E-state index contributed by atoms with van der Waals surface area (Å²) in [6.07, 6.45) is 7.14. The van der Waals surface area contributed by atoms with Crippen LogP contribution in [-0.2, 0) is 4.43 Å². The Morgan fingerprint density at radius 3 is 2.62 bits per heavy atom. The van der Waals surface area contributed by atoms with Gasteiger partial charge in [0.2, 0.25) is 0 Å². The summed E-state index contributed by atoms with van der Waals surface area (Å²) in [5, 5.41) is 1.38. The first-order chi connectivity index (χ1) is 7.77. The number of rotatable bonds is 3. The van der Waals surface area contributed by atoms with Crippen LogP contribution in [0.1, 0.15) is 43.2 Å². The topological polar surface area (TPSA) is 9.23 Å². The molecule has 0 aliphatic heterocycles. The summed E-state index contributed by atoms with van der Waals surface area (Å²) in [6, 6.07) is 6.50. The van der Waals surface area contributed by atoms with Crippen LogP contribution in [0.5, 0.6) is 0 Å². The van der Waals surface area contributed by atoms with Gasteiger partial charge in [0.05, 0.1) is 0 Å². The summed E-state index contributed by atoms with van der Waals surface area (Å²) in [5.41, 5.74) is 2.77. The lowest BCUT2D eigenvalue weighted by molar-refractivity contribution is 0.165. The first kappa shape index (κ1) is 11.9. The van der Waals surface area contributed by atoms with Gasteiger partial charge >= 0.3 is 0 Å². The van der Waals surface area contributed by atoms with Crippen LogP contribution in [0, 0.1) is 13.8 Å². The predicted octanol–water partition coefficient (Wildman–Crippen LogP) is 2.90. The zero-order valence-corrected chi connectivity index (χ0v) is 11.3. The molecule has 0 N–H and O–H groups in total. The highest BCUT2D eigenvalue weighted by molar-refractivity contribution is 6.47. The van der Waals surface area contributed by atoms with E-state index in [0.29, 0.717) is 15.9 Å². The lowest BCUT2D eigenvalue weighted by Crippen LogP contribution is -2.27. The molecule has 1 aromatic carbocycles. The van der Waals surface area contributed by atoms with Crippen molar-refractivity contribution < 1.29 is 4.43 Å². The quantitative estimate of drug-likeness (QED) is 0.728.